The molecule has 3 amide bonds. The quantitative estimate of drug-likeness (QED) is 0.626. The van der Waals surface area contributed by atoms with Crippen LogP contribution in [0.15, 0.2) is 42.5 Å². The summed E-state index contributed by atoms with van der Waals surface area (Å²) in [6.07, 6.45) is 4.77. The Hall–Kier alpha value is -3.70. The van der Waals surface area contributed by atoms with Crippen LogP contribution >= 0.6 is 0 Å². The summed E-state index contributed by atoms with van der Waals surface area (Å²) in [7, 11) is 0. The molecule has 1 saturated carbocycles. The molecule has 3 atom stereocenters. The molecule has 2 aromatic carbocycles. The Morgan fingerprint density at radius 3 is 2.77 bits per heavy atom. The molecule has 0 radical (unpaired) electrons. The molecule has 0 spiro atoms. The number of ether oxygens (including phenoxy) is 1. The summed E-state index contributed by atoms with van der Waals surface area (Å²) in [5.41, 5.74) is 3.14. The third-order valence-corrected chi connectivity index (χ3v) is 7.11. The average Bonchev–Trinajstić information content (AvgIpc) is 3.19. The van der Waals surface area contributed by atoms with Crippen molar-refractivity contribution in [1.82, 2.24) is 15.5 Å². The number of carbonyl (C=O) groups is 3. The summed E-state index contributed by atoms with van der Waals surface area (Å²) in [5.74, 6) is -0.167. The Morgan fingerprint density at radius 1 is 1.09 bits per heavy atom. The Bertz CT molecular complexity index is 1200. The molecule has 5 rings (SSSR count). The zero-order valence-corrected chi connectivity index (χ0v) is 19.5. The molecule has 0 bridgehead atoms. The molecule has 0 aromatic heterocycles. The SMILES string of the molecule is N#Cc1cccc(CN[C@@H]2CCCC[C@@H]2Oc2ccc3c(c2)CN(C2CCC(=O)NC2=O)C3=O)c1. The maximum Gasteiger partial charge on any atom is 0.255 e. The van der Waals surface area contributed by atoms with E-state index < -0.39 is 11.9 Å². The zero-order valence-electron chi connectivity index (χ0n) is 19.5. The predicted molar refractivity (Wildman–Crippen MR) is 127 cm³/mol. The van der Waals surface area contributed by atoms with Crippen LogP contribution in [-0.4, -0.2) is 40.8 Å². The molecule has 2 fully saturated rings. The molecular formula is C27H28N4O4. The van der Waals surface area contributed by atoms with E-state index in [1.807, 2.05) is 30.3 Å². The molecule has 180 valence electrons. The first kappa shape index (κ1) is 23.1. The van der Waals surface area contributed by atoms with Crippen molar-refractivity contribution in [3.63, 3.8) is 0 Å². The number of imide groups is 1. The Labute approximate surface area is 204 Å². The number of nitrogens with zero attached hydrogens (tertiary/aromatic N) is 2. The number of fused-ring (bicyclic) bond motifs is 1. The van der Waals surface area contributed by atoms with Gasteiger partial charge >= 0.3 is 0 Å². The minimum atomic E-state index is -0.622. The highest BCUT2D eigenvalue weighted by molar-refractivity contribution is 6.05. The van der Waals surface area contributed by atoms with Gasteiger partial charge in [-0.2, -0.15) is 5.26 Å². The Balaban J connectivity index is 1.25. The van der Waals surface area contributed by atoms with E-state index in [9.17, 15) is 14.4 Å². The highest BCUT2D eigenvalue weighted by Crippen LogP contribution is 2.32. The van der Waals surface area contributed by atoms with Crippen molar-refractivity contribution < 1.29 is 19.1 Å². The standard InChI is InChI=1S/C27H28N4O4/c28-14-17-4-3-5-18(12-17)15-29-22-6-1-2-7-24(22)35-20-8-9-21-19(13-20)16-31(27(21)34)23-10-11-25(32)30-26(23)33/h3-5,8-9,12-13,22-24,29H,1-2,6-7,10-11,15-16H2,(H,30,32,33)/t22-,23?,24+/m1/s1. The smallest absolute Gasteiger partial charge is 0.255 e. The minimum absolute atomic E-state index is 0.00397. The third kappa shape index (κ3) is 4.91. The van der Waals surface area contributed by atoms with Crippen LogP contribution in [-0.2, 0) is 22.7 Å². The highest BCUT2D eigenvalue weighted by atomic mass is 16.5. The summed E-state index contributed by atoms with van der Waals surface area (Å²) in [6, 6.07) is 14.9. The Morgan fingerprint density at radius 2 is 1.94 bits per heavy atom. The molecule has 35 heavy (non-hydrogen) atoms. The fourth-order valence-corrected chi connectivity index (χ4v) is 5.27. The van der Waals surface area contributed by atoms with E-state index in [4.69, 9.17) is 10.00 Å². The maximum absolute atomic E-state index is 12.9. The van der Waals surface area contributed by atoms with Crippen LogP contribution in [0.3, 0.4) is 0 Å². The number of benzene rings is 2. The number of hydrogen-bond acceptors (Lipinski definition) is 6. The maximum atomic E-state index is 12.9. The fraction of sp³-hybridized carbons (Fsp3) is 0.407. The lowest BCUT2D eigenvalue weighted by Crippen LogP contribution is -2.52. The molecule has 1 aliphatic carbocycles. The molecule has 3 aliphatic rings. The van der Waals surface area contributed by atoms with E-state index in [0.29, 0.717) is 36.4 Å². The van der Waals surface area contributed by atoms with Crippen molar-refractivity contribution in [1.29, 1.82) is 5.26 Å². The number of rotatable bonds is 6. The second kappa shape index (κ2) is 9.88. The van der Waals surface area contributed by atoms with Crippen molar-refractivity contribution in [3.05, 3.63) is 64.7 Å². The van der Waals surface area contributed by atoms with Crippen molar-refractivity contribution >= 4 is 17.7 Å². The summed E-state index contributed by atoms with van der Waals surface area (Å²) in [4.78, 5) is 38.2. The normalized spacial score (nSPS) is 24.0. The van der Waals surface area contributed by atoms with Crippen LogP contribution in [0.25, 0.3) is 0 Å². The predicted octanol–water partition coefficient (Wildman–Crippen LogP) is 2.80. The number of nitriles is 1. The van der Waals surface area contributed by atoms with Crippen LogP contribution in [0.4, 0.5) is 0 Å². The van der Waals surface area contributed by atoms with Crippen LogP contribution in [0, 0.1) is 11.3 Å². The van der Waals surface area contributed by atoms with Gasteiger partial charge in [0.2, 0.25) is 11.8 Å². The second-order valence-electron chi connectivity index (χ2n) is 9.46. The molecule has 8 nitrogen and oxygen atoms in total. The van der Waals surface area contributed by atoms with E-state index in [2.05, 4.69) is 16.7 Å². The third-order valence-electron chi connectivity index (χ3n) is 7.11. The van der Waals surface area contributed by atoms with Crippen molar-refractivity contribution in [2.45, 2.75) is 69.8 Å². The van der Waals surface area contributed by atoms with E-state index >= 15 is 0 Å². The van der Waals surface area contributed by atoms with Crippen LogP contribution in [0.5, 0.6) is 5.75 Å². The van der Waals surface area contributed by atoms with Gasteiger partial charge in [0.15, 0.2) is 0 Å². The second-order valence-corrected chi connectivity index (χ2v) is 9.46. The number of carbonyl (C=O) groups excluding carboxylic acids is 3. The van der Waals surface area contributed by atoms with Crippen molar-refractivity contribution in [3.8, 4) is 11.8 Å². The molecule has 2 aromatic rings. The number of nitrogens with one attached hydrogen (secondary N) is 2. The Kier molecular flexibility index (Phi) is 6.51. The van der Waals surface area contributed by atoms with Gasteiger partial charge in [0.25, 0.3) is 5.91 Å². The van der Waals surface area contributed by atoms with Gasteiger partial charge in [0.05, 0.1) is 11.6 Å². The van der Waals surface area contributed by atoms with E-state index in [0.717, 1.165) is 36.8 Å². The van der Waals surface area contributed by atoms with Gasteiger partial charge < -0.3 is 15.0 Å². The molecule has 1 saturated heterocycles. The molecule has 2 aliphatic heterocycles. The van der Waals surface area contributed by atoms with E-state index in [1.165, 1.54) is 0 Å². The summed E-state index contributed by atoms with van der Waals surface area (Å²) in [5, 5.41) is 15.1. The van der Waals surface area contributed by atoms with Gasteiger partial charge in [-0.25, -0.2) is 0 Å². The van der Waals surface area contributed by atoms with Gasteiger partial charge in [-0.3, -0.25) is 19.7 Å². The van der Waals surface area contributed by atoms with Gasteiger partial charge in [-0.15, -0.1) is 0 Å². The summed E-state index contributed by atoms with van der Waals surface area (Å²) < 4.78 is 6.41. The molecule has 2 N–H and O–H groups in total. The zero-order chi connectivity index (χ0) is 24.4. The molecular weight excluding hydrogens is 444 g/mol. The number of amides is 3. The van der Waals surface area contributed by atoms with Crippen LogP contribution in [0.1, 0.15) is 65.6 Å². The summed E-state index contributed by atoms with van der Waals surface area (Å²) in [6.45, 7) is 0.999. The summed E-state index contributed by atoms with van der Waals surface area (Å²) >= 11 is 0. The van der Waals surface area contributed by atoms with Gasteiger partial charge in [-0.1, -0.05) is 18.6 Å². The molecule has 8 heteroatoms. The lowest BCUT2D eigenvalue weighted by Gasteiger charge is -2.33. The number of piperidine rings is 1. The first-order chi connectivity index (χ1) is 17.0. The van der Waals surface area contributed by atoms with Crippen LogP contribution < -0.4 is 15.4 Å². The van der Waals surface area contributed by atoms with E-state index in [1.54, 1.807) is 17.0 Å². The first-order valence-corrected chi connectivity index (χ1v) is 12.2. The lowest BCUT2D eigenvalue weighted by atomic mass is 9.92. The van der Waals surface area contributed by atoms with Gasteiger partial charge in [0, 0.05) is 31.1 Å². The number of hydrogen-bond donors (Lipinski definition) is 2. The minimum Gasteiger partial charge on any atom is -0.489 e. The van der Waals surface area contributed by atoms with Crippen molar-refractivity contribution in [2.75, 3.05) is 0 Å². The van der Waals surface area contributed by atoms with Gasteiger partial charge in [0.1, 0.15) is 17.9 Å². The molecule has 2 heterocycles. The van der Waals surface area contributed by atoms with Crippen LogP contribution in [0.2, 0.25) is 0 Å². The topological polar surface area (TPSA) is 112 Å². The lowest BCUT2D eigenvalue weighted by molar-refractivity contribution is -0.136. The largest absolute Gasteiger partial charge is 0.489 e. The monoisotopic (exact) mass is 472 g/mol. The van der Waals surface area contributed by atoms with Crippen molar-refractivity contribution in [2.24, 2.45) is 0 Å². The molecule has 1 unspecified atom stereocenters. The fourth-order valence-electron chi connectivity index (χ4n) is 5.27. The van der Waals surface area contributed by atoms with E-state index in [-0.39, 0.29) is 30.4 Å². The first-order valence-electron chi connectivity index (χ1n) is 12.2. The average molecular weight is 473 g/mol. The van der Waals surface area contributed by atoms with Gasteiger partial charge in [-0.05, 0) is 67.1 Å². The highest BCUT2D eigenvalue weighted by Gasteiger charge is 2.39.